The van der Waals surface area contributed by atoms with E-state index >= 15 is 4.39 Å². The van der Waals surface area contributed by atoms with Gasteiger partial charge in [0.15, 0.2) is 17.8 Å². The van der Waals surface area contributed by atoms with Crippen molar-refractivity contribution in [2.45, 2.75) is 38.2 Å². The summed E-state index contributed by atoms with van der Waals surface area (Å²) in [6, 6.07) is 8.54. The van der Waals surface area contributed by atoms with Gasteiger partial charge in [0, 0.05) is 18.7 Å². The zero-order valence-corrected chi connectivity index (χ0v) is 18.3. The van der Waals surface area contributed by atoms with Crippen LogP contribution in [0.2, 0.25) is 0 Å². The van der Waals surface area contributed by atoms with Crippen LogP contribution in [0, 0.1) is 6.92 Å². The molecule has 0 unspecified atom stereocenters. The van der Waals surface area contributed by atoms with Crippen LogP contribution in [-0.4, -0.2) is 36.4 Å². The molecule has 5 rings (SSSR count). The van der Waals surface area contributed by atoms with Gasteiger partial charge in [-0.05, 0) is 37.1 Å². The van der Waals surface area contributed by atoms with Gasteiger partial charge in [0.05, 0.1) is 24.7 Å². The molecule has 2 atom stereocenters. The van der Waals surface area contributed by atoms with Crippen LogP contribution in [0.25, 0.3) is 17.2 Å². The molecule has 34 heavy (non-hydrogen) atoms. The Morgan fingerprint density at radius 1 is 1.09 bits per heavy atom. The summed E-state index contributed by atoms with van der Waals surface area (Å²) in [6.07, 6.45) is -2.69. The van der Waals surface area contributed by atoms with Gasteiger partial charge >= 0.3 is 6.18 Å². The van der Waals surface area contributed by atoms with E-state index in [0.29, 0.717) is 17.3 Å². The molecule has 0 bridgehead atoms. The standard InChI is InChI=1S/C23H20F4N6O/c1-13-11-32(12-28-13)18-8-7-17(29-22(18)34-2)20-30-21-19(24)15(9-10-33(21)31-20)14-5-3-4-6-16(14)23(25,26)27/h3-8,11-12,15,19H,9-10H2,1-2H3/t15-,19-/m0/s1. The summed E-state index contributed by atoms with van der Waals surface area (Å²) in [5.41, 5.74) is 0.942. The van der Waals surface area contributed by atoms with Crippen molar-refractivity contribution in [3.63, 3.8) is 0 Å². The number of fused-ring (bicyclic) bond motifs is 1. The van der Waals surface area contributed by atoms with Gasteiger partial charge in [-0.3, -0.25) is 0 Å². The maximum atomic E-state index is 15.5. The second-order valence-corrected chi connectivity index (χ2v) is 8.05. The largest absolute Gasteiger partial charge is 0.479 e. The summed E-state index contributed by atoms with van der Waals surface area (Å²) < 4.78 is 64.6. The smallest absolute Gasteiger partial charge is 0.416 e. The Kier molecular flexibility index (Phi) is 5.34. The monoisotopic (exact) mass is 472 g/mol. The number of hydrogen-bond donors (Lipinski definition) is 0. The number of rotatable bonds is 4. The van der Waals surface area contributed by atoms with Gasteiger partial charge in [0.25, 0.3) is 0 Å². The minimum Gasteiger partial charge on any atom is -0.479 e. The van der Waals surface area contributed by atoms with Crippen molar-refractivity contribution in [3.05, 3.63) is 71.6 Å². The first kappa shape index (κ1) is 22.1. The number of aromatic nitrogens is 6. The minimum absolute atomic E-state index is 0.0155. The van der Waals surface area contributed by atoms with Crippen molar-refractivity contribution >= 4 is 0 Å². The molecule has 0 saturated carbocycles. The van der Waals surface area contributed by atoms with E-state index in [9.17, 15) is 13.2 Å². The van der Waals surface area contributed by atoms with E-state index in [4.69, 9.17) is 4.74 Å². The van der Waals surface area contributed by atoms with Gasteiger partial charge in [0.1, 0.15) is 11.4 Å². The fourth-order valence-electron chi connectivity index (χ4n) is 4.27. The summed E-state index contributed by atoms with van der Waals surface area (Å²) in [7, 11) is 1.48. The number of aryl methyl sites for hydroxylation is 2. The Balaban J connectivity index is 1.49. The molecule has 11 heteroatoms. The third kappa shape index (κ3) is 3.80. The fraction of sp³-hybridized carbons (Fsp3) is 0.304. The number of hydrogen-bond acceptors (Lipinski definition) is 5. The van der Waals surface area contributed by atoms with E-state index in [1.54, 1.807) is 23.0 Å². The average Bonchev–Trinajstić information content (AvgIpc) is 3.45. The van der Waals surface area contributed by atoms with Crippen LogP contribution in [0.5, 0.6) is 5.88 Å². The van der Waals surface area contributed by atoms with Crippen LogP contribution in [0.3, 0.4) is 0 Å². The average molecular weight is 472 g/mol. The molecule has 7 nitrogen and oxygen atoms in total. The molecule has 1 aliphatic rings. The maximum Gasteiger partial charge on any atom is 0.416 e. The number of alkyl halides is 4. The Morgan fingerprint density at radius 2 is 1.88 bits per heavy atom. The third-order valence-corrected chi connectivity index (χ3v) is 5.87. The molecule has 4 aromatic rings. The van der Waals surface area contributed by atoms with Crippen LogP contribution in [-0.2, 0) is 12.7 Å². The number of ether oxygens (including phenoxy) is 1. The predicted octanol–water partition coefficient (Wildman–Crippen LogP) is 5.06. The number of pyridine rings is 1. The third-order valence-electron chi connectivity index (χ3n) is 5.87. The molecule has 4 heterocycles. The molecule has 0 spiro atoms. The lowest BCUT2D eigenvalue weighted by Crippen LogP contribution is -2.24. The number of methoxy groups -OCH3 is 1. The van der Waals surface area contributed by atoms with Crippen molar-refractivity contribution in [1.29, 1.82) is 0 Å². The van der Waals surface area contributed by atoms with Crippen molar-refractivity contribution in [3.8, 4) is 23.1 Å². The molecule has 3 aromatic heterocycles. The van der Waals surface area contributed by atoms with Gasteiger partial charge in [0.2, 0.25) is 5.88 Å². The zero-order chi connectivity index (χ0) is 24.0. The van der Waals surface area contributed by atoms with Gasteiger partial charge in [-0.15, -0.1) is 5.10 Å². The lowest BCUT2D eigenvalue weighted by Gasteiger charge is -2.28. The minimum atomic E-state index is -4.57. The molecule has 176 valence electrons. The SMILES string of the molecule is COc1nc(-c2nc3n(n2)CC[C@@H](c2ccccc2C(F)(F)F)[C@@H]3F)ccc1-n1cnc(C)c1. The van der Waals surface area contributed by atoms with Crippen molar-refractivity contribution in [1.82, 2.24) is 29.3 Å². The molecule has 1 aromatic carbocycles. The number of nitrogens with zero attached hydrogens (tertiary/aromatic N) is 6. The first-order chi connectivity index (χ1) is 16.3. The van der Waals surface area contributed by atoms with Gasteiger partial charge in [-0.25, -0.2) is 24.0 Å². The fourth-order valence-corrected chi connectivity index (χ4v) is 4.27. The number of benzene rings is 1. The summed E-state index contributed by atoms with van der Waals surface area (Å²) in [5.74, 6) is -0.513. The number of imidazole rings is 1. The van der Waals surface area contributed by atoms with Crippen LogP contribution >= 0.6 is 0 Å². The molecular formula is C23H20F4N6O. The highest BCUT2D eigenvalue weighted by molar-refractivity contribution is 5.55. The molecule has 0 amide bonds. The van der Waals surface area contributed by atoms with E-state index in [1.165, 1.54) is 30.0 Å². The van der Waals surface area contributed by atoms with Crippen molar-refractivity contribution in [2.75, 3.05) is 7.11 Å². The Bertz CT molecular complexity index is 1350. The lowest BCUT2D eigenvalue weighted by molar-refractivity contribution is -0.138. The van der Waals surface area contributed by atoms with Gasteiger partial charge in [-0.2, -0.15) is 13.2 Å². The first-order valence-corrected chi connectivity index (χ1v) is 10.6. The molecular weight excluding hydrogens is 452 g/mol. The van der Waals surface area contributed by atoms with Crippen molar-refractivity contribution < 1.29 is 22.3 Å². The zero-order valence-electron chi connectivity index (χ0n) is 18.3. The van der Waals surface area contributed by atoms with Gasteiger partial charge in [-0.1, -0.05) is 18.2 Å². The lowest BCUT2D eigenvalue weighted by atomic mass is 9.85. The normalized spacial score (nSPS) is 18.1. The maximum absolute atomic E-state index is 15.5. The molecule has 1 aliphatic heterocycles. The topological polar surface area (TPSA) is 70.7 Å². The highest BCUT2D eigenvalue weighted by Crippen LogP contribution is 2.45. The Hall–Kier alpha value is -3.76. The summed E-state index contributed by atoms with van der Waals surface area (Å²) in [4.78, 5) is 13.0. The van der Waals surface area contributed by atoms with Crippen LogP contribution in [0.4, 0.5) is 17.6 Å². The predicted molar refractivity (Wildman–Crippen MR) is 114 cm³/mol. The first-order valence-electron chi connectivity index (χ1n) is 10.6. The summed E-state index contributed by atoms with van der Waals surface area (Å²) >= 11 is 0. The molecule has 0 radical (unpaired) electrons. The second-order valence-electron chi connectivity index (χ2n) is 8.05. The molecule has 0 fully saturated rings. The van der Waals surface area contributed by atoms with Crippen LogP contribution < -0.4 is 4.74 Å². The quantitative estimate of drug-likeness (QED) is 0.389. The second kappa shape index (κ2) is 8.23. The van der Waals surface area contributed by atoms with E-state index in [0.717, 1.165) is 11.8 Å². The van der Waals surface area contributed by atoms with Crippen LogP contribution in [0.1, 0.15) is 41.2 Å². The summed E-state index contributed by atoms with van der Waals surface area (Å²) in [6.45, 7) is 2.10. The Labute approximate surface area is 192 Å². The molecule has 0 saturated heterocycles. The Morgan fingerprint density at radius 3 is 2.59 bits per heavy atom. The van der Waals surface area contributed by atoms with Crippen LogP contribution in [0.15, 0.2) is 48.9 Å². The van der Waals surface area contributed by atoms with E-state index < -0.39 is 23.8 Å². The van der Waals surface area contributed by atoms with E-state index in [-0.39, 0.29) is 30.2 Å². The van der Waals surface area contributed by atoms with E-state index in [1.807, 2.05) is 13.1 Å². The van der Waals surface area contributed by atoms with Crippen molar-refractivity contribution in [2.24, 2.45) is 0 Å². The summed E-state index contributed by atoms with van der Waals surface area (Å²) in [5, 5.41) is 4.36. The molecule has 0 aliphatic carbocycles. The molecule has 0 N–H and O–H groups in total. The van der Waals surface area contributed by atoms with E-state index in [2.05, 4.69) is 20.1 Å². The van der Waals surface area contributed by atoms with Gasteiger partial charge < -0.3 is 9.30 Å². The highest BCUT2D eigenvalue weighted by Gasteiger charge is 2.40. The highest BCUT2D eigenvalue weighted by atomic mass is 19.4. The number of halogens is 4.